The lowest BCUT2D eigenvalue weighted by Crippen LogP contribution is -2.21. The third-order valence-electron chi connectivity index (χ3n) is 3.25. The number of carbonyl (C=O) groups is 3. The van der Waals surface area contributed by atoms with Crippen molar-refractivity contribution in [3.63, 3.8) is 0 Å². The largest absolute Gasteiger partial charge is 0.465 e. The number of benzene rings is 2. The molecule has 0 spiro atoms. The van der Waals surface area contributed by atoms with Crippen LogP contribution in [0.2, 0.25) is 0 Å². The van der Waals surface area contributed by atoms with Crippen LogP contribution in [0.5, 0.6) is 0 Å². The van der Waals surface area contributed by atoms with E-state index in [-0.39, 0.29) is 18.4 Å². The fourth-order valence-electron chi connectivity index (χ4n) is 2.07. The summed E-state index contributed by atoms with van der Waals surface area (Å²) in [7, 11) is 1.31. The number of carbonyl (C=O) groups excluding carboxylic acids is 3. The van der Waals surface area contributed by atoms with Crippen LogP contribution in [0.1, 0.15) is 17.3 Å². The Hall–Kier alpha value is -3.35. The smallest absolute Gasteiger partial charge is 0.337 e. The summed E-state index contributed by atoms with van der Waals surface area (Å²) in [5.41, 5.74) is 2.44. The predicted molar refractivity (Wildman–Crippen MR) is 95.6 cm³/mol. The van der Waals surface area contributed by atoms with Crippen LogP contribution in [0.15, 0.2) is 48.5 Å². The van der Waals surface area contributed by atoms with Crippen molar-refractivity contribution in [3.05, 3.63) is 54.1 Å². The number of amides is 2. The van der Waals surface area contributed by atoms with Crippen LogP contribution in [-0.2, 0) is 14.3 Å². The second-order valence-electron chi connectivity index (χ2n) is 5.23. The van der Waals surface area contributed by atoms with E-state index < -0.39 is 5.97 Å². The summed E-state index contributed by atoms with van der Waals surface area (Å²) in [6.07, 6.45) is 0. The molecule has 0 unspecified atom stereocenters. The van der Waals surface area contributed by atoms with Gasteiger partial charge in [-0.1, -0.05) is 0 Å². The van der Waals surface area contributed by atoms with Gasteiger partial charge < -0.3 is 20.7 Å². The molecular weight excluding hydrogens is 322 g/mol. The molecule has 0 aliphatic rings. The molecule has 25 heavy (non-hydrogen) atoms. The predicted octanol–water partition coefficient (Wildman–Crippen LogP) is 2.48. The molecule has 2 aromatic carbocycles. The van der Waals surface area contributed by atoms with E-state index in [0.717, 1.165) is 5.69 Å². The topological polar surface area (TPSA) is 96.5 Å². The van der Waals surface area contributed by atoms with Gasteiger partial charge in [-0.3, -0.25) is 9.59 Å². The maximum Gasteiger partial charge on any atom is 0.337 e. The quantitative estimate of drug-likeness (QED) is 0.702. The van der Waals surface area contributed by atoms with Gasteiger partial charge in [0.05, 0.1) is 19.2 Å². The molecule has 0 saturated carbocycles. The van der Waals surface area contributed by atoms with Gasteiger partial charge in [0.2, 0.25) is 11.8 Å². The summed E-state index contributed by atoms with van der Waals surface area (Å²) in [5, 5.41) is 8.38. The van der Waals surface area contributed by atoms with E-state index in [1.165, 1.54) is 14.0 Å². The number of hydrogen-bond acceptors (Lipinski definition) is 5. The molecular formula is C18H19N3O4. The third-order valence-corrected chi connectivity index (χ3v) is 3.25. The molecule has 2 aromatic rings. The summed E-state index contributed by atoms with van der Waals surface area (Å²) in [6.45, 7) is 1.52. The van der Waals surface area contributed by atoms with Crippen molar-refractivity contribution in [1.82, 2.24) is 0 Å². The van der Waals surface area contributed by atoms with Crippen LogP contribution < -0.4 is 16.0 Å². The summed E-state index contributed by atoms with van der Waals surface area (Å²) < 4.78 is 4.61. The second-order valence-corrected chi connectivity index (χ2v) is 5.23. The number of rotatable bonds is 6. The van der Waals surface area contributed by atoms with Gasteiger partial charge in [-0.15, -0.1) is 0 Å². The van der Waals surface area contributed by atoms with Gasteiger partial charge in [-0.2, -0.15) is 0 Å². The Labute approximate surface area is 145 Å². The van der Waals surface area contributed by atoms with Crippen LogP contribution in [0.25, 0.3) is 0 Å². The maximum atomic E-state index is 12.0. The average molecular weight is 341 g/mol. The first-order valence-electron chi connectivity index (χ1n) is 7.57. The molecule has 3 N–H and O–H groups in total. The van der Waals surface area contributed by atoms with Crippen molar-refractivity contribution >= 4 is 34.8 Å². The zero-order chi connectivity index (χ0) is 18.2. The summed E-state index contributed by atoms with van der Waals surface area (Å²) in [6, 6.07) is 13.4. The first kappa shape index (κ1) is 18.0. The Balaban J connectivity index is 1.84. The van der Waals surface area contributed by atoms with Crippen molar-refractivity contribution in [2.45, 2.75) is 6.92 Å². The highest BCUT2D eigenvalue weighted by molar-refractivity contribution is 5.95. The minimum atomic E-state index is -0.428. The first-order valence-corrected chi connectivity index (χ1v) is 7.57. The number of nitrogens with one attached hydrogen (secondary N) is 3. The van der Waals surface area contributed by atoms with Crippen molar-refractivity contribution in [1.29, 1.82) is 0 Å². The van der Waals surface area contributed by atoms with E-state index in [1.54, 1.807) is 48.5 Å². The molecule has 0 atom stereocenters. The zero-order valence-corrected chi connectivity index (χ0v) is 14.0. The molecule has 2 amide bonds. The van der Waals surface area contributed by atoms with Crippen LogP contribution in [0.3, 0.4) is 0 Å². The first-order chi connectivity index (χ1) is 12.0. The van der Waals surface area contributed by atoms with Crippen molar-refractivity contribution in [2.24, 2.45) is 0 Å². The molecule has 7 heteroatoms. The van der Waals surface area contributed by atoms with Crippen LogP contribution in [-0.4, -0.2) is 31.4 Å². The van der Waals surface area contributed by atoms with Crippen molar-refractivity contribution in [3.8, 4) is 0 Å². The minimum Gasteiger partial charge on any atom is -0.465 e. The number of anilines is 3. The number of esters is 1. The number of methoxy groups -OCH3 is 1. The lowest BCUT2D eigenvalue weighted by molar-refractivity contribution is -0.115. The van der Waals surface area contributed by atoms with E-state index in [9.17, 15) is 14.4 Å². The van der Waals surface area contributed by atoms with Crippen LogP contribution in [0, 0.1) is 0 Å². The monoisotopic (exact) mass is 341 g/mol. The molecule has 0 aromatic heterocycles. The van der Waals surface area contributed by atoms with E-state index in [2.05, 4.69) is 20.7 Å². The number of hydrogen-bond donors (Lipinski definition) is 3. The van der Waals surface area contributed by atoms with Gasteiger partial charge in [0.25, 0.3) is 0 Å². The molecule has 130 valence electrons. The fourth-order valence-corrected chi connectivity index (χ4v) is 2.07. The zero-order valence-electron chi connectivity index (χ0n) is 14.0. The molecule has 0 saturated heterocycles. The Bertz CT molecular complexity index is 755. The molecule has 0 aliphatic heterocycles. The third kappa shape index (κ3) is 5.65. The molecule has 7 nitrogen and oxygen atoms in total. The summed E-state index contributed by atoms with van der Waals surface area (Å²) in [4.78, 5) is 34.3. The normalized spacial score (nSPS) is 9.84. The highest BCUT2D eigenvalue weighted by Gasteiger charge is 2.06. The lowest BCUT2D eigenvalue weighted by Gasteiger charge is -2.09. The maximum absolute atomic E-state index is 12.0. The molecule has 0 fully saturated rings. The van der Waals surface area contributed by atoms with E-state index >= 15 is 0 Å². The van der Waals surface area contributed by atoms with Gasteiger partial charge in [0.1, 0.15) is 0 Å². The fraction of sp³-hybridized carbons (Fsp3) is 0.167. The van der Waals surface area contributed by atoms with E-state index in [0.29, 0.717) is 16.9 Å². The molecule has 0 heterocycles. The van der Waals surface area contributed by atoms with Crippen molar-refractivity contribution in [2.75, 3.05) is 29.6 Å². The van der Waals surface area contributed by atoms with Crippen LogP contribution in [0.4, 0.5) is 17.1 Å². The summed E-state index contributed by atoms with van der Waals surface area (Å²) >= 11 is 0. The molecule has 2 rings (SSSR count). The minimum absolute atomic E-state index is 0.0816. The summed E-state index contributed by atoms with van der Waals surface area (Å²) in [5.74, 6) is -0.794. The Morgan fingerprint density at radius 3 is 1.92 bits per heavy atom. The Kier molecular flexibility index (Phi) is 6.11. The van der Waals surface area contributed by atoms with Gasteiger partial charge in [0.15, 0.2) is 0 Å². The average Bonchev–Trinajstić information content (AvgIpc) is 2.60. The Morgan fingerprint density at radius 2 is 1.36 bits per heavy atom. The second kappa shape index (κ2) is 8.49. The standard InChI is InChI=1S/C18H19N3O4/c1-12(22)20-15-9-7-14(8-10-15)19-11-17(23)21-16-5-3-13(4-6-16)18(24)25-2/h3-10,19H,11H2,1-2H3,(H,20,22)(H,21,23). The van der Waals surface area contributed by atoms with Gasteiger partial charge in [-0.25, -0.2) is 4.79 Å². The van der Waals surface area contributed by atoms with Gasteiger partial charge in [0, 0.05) is 24.0 Å². The van der Waals surface area contributed by atoms with Crippen molar-refractivity contribution < 1.29 is 19.1 Å². The van der Waals surface area contributed by atoms with Gasteiger partial charge >= 0.3 is 5.97 Å². The SMILES string of the molecule is COC(=O)c1ccc(NC(=O)CNc2ccc(NC(C)=O)cc2)cc1. The van der Waals surface area contributed by atoms with Crippen LogP contribution >= 0.6 is 0 Å². The van der Waals surface area contributed by atoms with Gasteiger partial charge in [-0.05, 0) is 48.5 Å². The van der Waals surface area contributed by atoms with E-state index in [4.69, 9.17) is 0 Å². The Morgan fingerprint density at radius 1 is 0.840 bits per heavy atom. The molecule has 0 bridgehead atoms. The molecule has 0 aliphatic carbocycles. The highest BCUT2D eigenvalue weighted by Crippen LogP contribution is 2.14. The highest BCUT2D eigenvalue weighted by atomic mass is 16.5. The molecule has 0 radical (unpaired) electrons. The van der Waals surface area contributed by atoms with E-state index in [1.807, 2.05) is 0 Å². The lowest BCUT2D eigenvalue weighted by atomic mass is 10.2. The number of ether oxygens (including phenoxy) is 1.